The van der Waals surface area contributed by atoms with E-state index < -0.39 is 11.7 Å². The van der Waals surface area contributed by atoms with Crippen LogP contribution in [0.5, 0.6) is 0 Å². The maximum atomic E-state index is 13.3. The van der Waals surface area contributed by atoms with E-state index in [0.717, 1.165) is 28.1 Å². The van der Waals surface area contributed by atoms with E-state index in [2.05, 4.69) is 25.9 Å². The third-order valence-corrected chi connectivity index (χ3v) is 5.01. The molecule has 1 heterocycles. The molecule has 26 heavy (non-hydrogen) atoms. The van der Waals surface area contributed by atoms with E-state index in [1.165, 1.54) is 0 Å². The maximum absolute atomic E-state index is 13.3. The van der Waals surface area contributed by atoms with E-state index in [4.69, 9.17) is 0 Å². The highest BCUT2D eigenvalue weighted by molar-refractivity contribution is 9.10. The summed E-state index contributed by atoms with van der Waals surface area (Å²) < 4.78 is 40.9. The number of rotatable bonds is 4. The standard InChI is InChI=1S/C18H13BrF3N3S/c1-25(13-7-5-6-12(19)10-13)17-23-11-15(18(20,21)22)16(24-17)26-14-8-3-2-4-9-14/h2-11H,1H3. The predicted molar refractivity (Wildman–Crippen MR) is 99.8 cm³/mol. The minimum Gasteiger partial charge on any atom is -0.314 e. The first kappa shape index (κ1) is 18.7. The summed E-state index contributed by atoms with van der Waals surface area (Å²) in [5, 5.41) is -0.129. The van der Waals surface area contributed by atoms with Gasteiger partial charge in [0, 0.05) is 28.3 Å². The second kappa shape index (κ2) is 7.67. The number of hydrogen-bond donors (Lipinski definition) is 0. The van der Waals surface area contributed by atoms with Crippen LogP contribution < -0.4 is 4.90 Å². The van der Waals surface area contributed by atoms with Gasteiger partial charge in [-0.15, -0.1) is 0 Å². The van der Waals surface area contributed by atoms with Crippen LogP contribution in [-0.2, 0) is 6.18 Å². The predicted octanol–water partition coefficient (Wildman–Crippen LogP) is 6.18. The normalized spacial score (nSPS) is 11.4. The van der Waals surface area contributed by atoms with E-state index in [-0.39, 0.29) is 11.0 Å². The Labute approximate surface area is 161 Å². The molecular formula is C18H13BrF3N3S. The highest BCUT2D eigenvalue weighted by Gasteiger charge is 2.35. The largest absolute Gasteiger partial charge is 0.420 e. The summed E-state index contributed by atoms with van der Waals surface area (Å²) in [7, 11) is 1.71. The zero-order valence-electron chi connectivity index (χ0n) is 13.5. The maximum Gasteiger partial charge on any atom is 0.420 e. The van der Waals surface area contributed by atoms with E-state index in [1.54, 1.807) is 42.3 Å². The van der Waals surface area contributed by atoms with E-state index in [9.17, 15) is 13.2 Å². The van der Waals surface area contributed by atoms with Crippen molar-refractivity contribution in [2.24, 2.45) is 0 Å². The second-order valence-corrected chi connectivity index (χ2v) is 7.32. The Balaban J connectivity index is 2.01. The second-order valence-electron chi connectivity index (χ2n) is 5.34. The fourth-order valence-electron chi connectivity index (χ4n) is 2.19. The number of nitrogens with zero attached hydrogens (tertiary/aromatic N) is 3. The summed E-state index contributed by atoms with van der Waals surface area (Å²) in [6, 6.07) is 16.2. The highest BCUT2D eigenvalue weighted by atomic mass is 79.9. The van der Waals surface area contributed by atoms with Crippen LogP contribution in [0.4, 0.5) is 24.8 Å². The Bertz CT molecular complexity index is 904. The first-order valence-electron chi connectivity index (χ1n) is 7.51. The molecule has 2 aromatic carbocycles. The first-order chi connectivity index (χ1) is 12.3. The van der Waals surface area contributed by atoms with Crippen molar-refractivity contribution < 1.29 is 13.2 Å². The Kier molecular flexibility index (Phi) is 5.52. The molecule has 0 radical (unpaired) electrons. The van der Waals surface area contributed by atoms with Gasteiger partial charge in [0.15, 0.2) is 0 Å². The number of hydrogen-bond acceptors (Lipinski definition) is 4. The van der Waals surface area contributed by atoms with Gasteiger partial charge >= 0.3 is 6.18 Å². The van der Waals surface area contributed by atoms with Gasteiger partial charge in [0.05, 0.1) is 0 Å². The molecule has 0 saturated heterocycles. The van der Waals surface area contributed by atoms with Gasteiger partial charge in [-0.1, -0.05) is 52.0 Å². The van der Waals surface area contributed by atoms with E-state index in [0.29, 0.717) is 4.90 Å². The van der Waals surface area contributed by atoms with Crippen LogP contribution in [0, 0.1) is 0 Å². The first-order valence-corrected chi connectivity index (χ1v) is 9.12. The lowest BCUT2D eigenvalue weighted by atomic mass is 10.3. The van der Waals surface area contributed by atoms with Crippen LogP contribution in [0.15, 0.2) is 75.2 Å². The Morgan fingerprint density at radius 2 is 1.77 bits per heavy atom. The SMILES string of the molecule is CN(c1cccc(Br)c1)c1ncc(C(F)(F)F)c(Sc2ccccc2)n1. The number of benzene rings is 2. The Hall–Kier alpha value is -2.06. The minimum absolute atomic E-state index is 0.129. The topological polar surface area (TPSA) is 29.0 Å². The molecule has 0 bridgehead atoms. The zero-order chi connectivity index (χ0) is 18.7. The van der Waals surface area contributed by atoms with Crippen molar-refractivity contribution in [3.8, 4) is 0 Å². The van der Waals surface area contributed by atoms with Gasteiger partial charge in [-0.25, -0.2) is 9.97 Å². The van der Waals surface area contributed by atoms with Crippen molar-refractivity contribution in [3.63, 3.8) is 0 Å². The van der Waals surface area contributed by atoms with Crippen molar-refractivity contribution in [1.29, 1.82) is 0 Å². The van der Waals surface area contributed by atoms with Crippen LogP contribution in [0.3, 0.4) is 0 Å². The van der Waals surface area contributed by atoms with Gasteiger partial charge in [-0.2, -0.15) is 13.2 Å². The van der Waals surface area contributed by atoms with Crippen LogP contribution in [0.1, 0.15) is 5.56 Å². The molecule has 0 N–H and O–H groups in total. The van der Waals surface area contributed by atoms with E-state index >= 15 is 0 Å². The quantitative estimate of drug-likeness (QED) is 0.454. The molecule has 0 fully saturated rings. The molecule has 3 nitrogen and oxygen atoms in total. The number of halogens is 4. The van der Waals surface area contributed by atoms with Gasteiger partial charge in [-0.05, 0) is 30.3 Å². The van der Waals surface area contributed by atoms with Gasteiger partial charge < -0.3 is 4.90 Å². The third kappa shape index (κ3) is 4.37. The minimum atomic E-state index is -4.52. The van der Waals surface area contributed by atoms with Crippen molar-refractivity contribution in [2.75, 3.05) is 11.9 Å². The summed E-state index contributed by atoms with van der Waals surface area (Å²) in [6.07, 6.45) is -3.69. The molecule has 1 aromatic heterocycles. The van der Waals surface area contributed by atoms with Crippen LogP contribution in [0.2, 0.25) is 0 Å². The molecule has 0 spiro atoms. The fourth-order valence-corrected chi connectivity index (χ4v) is 3.50. The molecule has 3 rings (SSSR count). The molecule has 0 aliphatic rings. The zero-order valence-corrected chi connectivity index (χ0v) is 15.9. The number of alkyl halides is 3. The van der Waals surface area contributed by atoms with Crippen LogP contribution in [-0.4, -0.2) is 17.0 Å². The summed E-state index contributed by atoms with van der Waals surface area (Å²) in [6.45, 7) is 0. The molecule has 0 aliphatic heterocycles. The summed E-state index contributed by atoms with van der Waals surface area (Å²) in [5.74, 6) is 0.189. The molecule has 0 aliphatic carbocycles. The lowest BCUT2D eigenvalue weighted by Gasteiger charge is -2.19. The Morgan fingerprint density at radius 1 is 1.04 bits per heavy atom. The lowest BCUT2D eigenvalue weighted by Crippen LogP contribution is -2.16. The average Bonchev–Trinajstić information content (AvgIpc) is 2.61. The van der Waals surface area contributed by atoms with Crippen molar-refractivity contribution in [3.05, 3.63) is 70.8 Å². The molecule has 0 unspecified atom stereocenters. The summed E-state index contributed by atoms with van der Waals surface area (Å²) in [4.78, 5) is 10.4. The van der Waals surface area contributed by atoms with Crippen molar-refractivity contribution in [1.82, 2.24) is 9.97 Å². The van der Waals surface area contributed by atoms with Gasteiger partial charge in [0.2, 0.25) is 5.95 Å². The molecule has 0 saturated carbocycles. The number of aromatic nitrogens is 2. The molecule has 0 atom stereocenters. The average molecular weight is 440 g/mol. The smallest absolute Gasteiger partial charge is 0.314 e. The van der Waals surface area contributed by atoms with Crippen LogP contribution >= 0.6 is 27.7 Å². The lowest BCUT2D eigenvalue weighted by molar-refractivity contribution is -0.140. The highest BCUT2D eigenvalue weighted by Crippen LogP contribution is 2.39. The van der Waals surface area contributed by atoms with Gasteiger partial charge in [-0.3, -0.25) is 0 Å². The van der Waals surface area contributed by atoms with Gasteiger partial charge in [0.25, 0.3) is 0 Å². The fraction of sp³-hybridized carbons (Fsp3) is 0.111. The summed E-state index contributed by atoms with van der Waals surface area (Å²) >= 11 is 4.34. The molecular weight excluding hydrogens is 427 g/mol. The number of anilines is 2. The van der Waals surface area contributed by atoms with Crippen molar-refractivity contribution in [2.45, 2.75) is 16.1 Å². The third-order valence-electron chi connectivity index (χ3n) is 3.50. The van der Waals surface area contributed by atoms with Gasteiger partial charge in [0.1, 0.15) is 10.6 Å². The van der Waals surface area contributed by atoms with Crippen LogP contribution in [0.25, 0.3) is 0 Å². The summed E-state index contributed by atoms with van der Waals surface area (Å²) in [5.41, 5.74) is -0.0902. The molecule has 0 amide bonds. The van der Waals surface area contributed by atoms with Crippen molar-refractivity contribution >= 4 is 39.3 Å². The Morgan fingerprint density at radius 3 is 2.42 bits per heavy atom. The molecule has 3 aromatic rings. The van der Waals surface area contributed by atoms with E-state index in [1.807, 2.05) is 24.3 Å². The monoisotopic (exact) mass is 439 g/mol. The molecule has 8 heteroatoms. The molecule has 134 valence electrons.